The molecular formula is C29H22N4O5S. The van der Waals surface area contributed by atoms with E-state index in [9.17, 15) is 24.3 Å². The fourth-order valence-electron chi connectivity index (χ4n) is 4.42. The molecule has 0 radical (unpaired) electrons. The van der Waals surface area contributed by atoms with Gasteiger partial charge < -0.3 is 15.0 Å². The summed E-state index contributed by atoms with van der Waals surface area (Å²) in [5.74, 6) is -2.77. The average molecular weight is 539 g/mol. The summed E-state index contributed by atoms with van der Waals surface area (Å²) in [6.45, 7) is 1.95. The van der Waals surface area contributed by atoms with Crippen LogP contribution in [-0.2, 0) is 20.9 Å². The summed E-state index contributed by atoms with van der Waals surface area (Å²) in [4.78, 5) is 51.7. The normalized spacial score (nSPS) is 14.5. The maximum Gasteiger partial charge on any atom is 0.335 e. The number of nitrogens with one attached hydrogen (secondary N) is 2. The van der Waals surface area contributed by atoms with Crippen molar-refractivity contribution in [3.05, 3.63) is 101 Å². The molecule has 0 aliphatic carbocycles. The van der Waals surface area contributed by atoms with Gasteiger partial charge in [-0.3, -0.25) is 24.6 Å². The first-order chi connectivity index (χ1) is 18.7. The molecule has 194 valence electrons. The van der Waals surface area contributed by atoms with Crippen LogP contribution in [0, 0.1) is 6.92 Å². The van der Waals surface area contributed by atoms with Crippen LogP contribution in [0.15, 0.2) is 84.6 Å². The Morgan fingerprint density at radius 1 is 1.03 bits per heavy atom. The van der Waals surface area contributed by atoms with E-state index in [1.807, 2.05) is 55.5 Å². The molecule has 1 aliphatic rings. The molecule has 0 saturated carbocycles. The van der Waals surface area contributed by atoms with E-state index in [1.165, 1.54) is 30.3 Å². The molecule has 1 aromatic heterocycles. The lowest BCUT2D eigenvalue weighted by Gasteiger charge is -2.29. The summed E-state index contributed by atoms with van der Waals surface area (Å²) in [7, 11) is 0. The van der Waals surface area contributed by atoms with Crippen molar-refractivity contribution < 1.29 is 24.3 Å². The second kappa shape index (κ2) is 10.3. The summed E-state index contributed by atoms with van der Waals surface area (Å²) in [5, 5.41) is 15.3. The number of rotatable bonds is 6. The molecule has 4 aromatic rings. The number of carbonyl (C=O) groups is 4. The predicted octanol–water partition coefficient (Wildman–Crippen LogP) is 4.12. The number of amides is 3. The van der Waals surface area contributed by atoms with Crippen LogP contribution in [-0.4, -0.2) is 38.5 Å². The molecule has 3 amide bonds. The summed E-state index contributed by atoms with van der Waals surface area (Å²) in [6, 6.07) is 20.5. The quantitative estimate of drug-likeness (QED) is 0.193. The van der Waals surface area contributed by atoms with E-state index in [0.29, 0.717) is 11.3 Å². The highest BCUT2D eigenvalue weighted by atomic mass is 32.1. The zero-order valence-corrected chi connectivity index (χ0v) is 21.5. The number of carbonyl (C=O) groups excluding carboxylic acids is 3. The van der Waals surface area contributed by atoms with Crippen LogP contribution < -0.4 is 15.5 Å². The first kappa shape index (κ1) is 25.6. The van der Waals surface area contributed by atoms with Gasteiger partial charge in [0.1, 0.15) is 12.1 Å². The molecule has 1 saturated heterocycles. The Morgan fingerprint density at radius 3 is 2.56 bits per heavy atom. The van der Waals surface area contributed by atoms with Gasteiger partial charge in [-0.2, -0.15) is 0 Å². The maximum atomic E-state index is 13.5. The molecule has 0 spiro atoms. The third-order valence-corrected chi connectivity index (χ3v) is 6.47. The van der Waals surface area contributed by atoms with Crippen molar-refractivity contribution in [2.75, 3.05) is 10.2 Å². The number of benzene rings is 3. The second-order valence-electron chi connectivity index (χ2n) is 8.96. The van der Waals surface area contributed by atoms with E-state index >= 15 is 0 Å². The first-order valence-electron chi connectivity index (χ1n) is 11.9. The zero-order valence-electron chi connectivity index (χ0n) is 20.7. The van der Waals surface area contributed by atoms with Crippen molar-refractivity contribution in [2.45, 2.75) is 13.5 Å². The largest absolute Gasteiger partial charge is 0.478 e. The molecule has 0 unspecified atom stereocenters. The van der Waals surface area contributed by atoms with Crippen molar-refractivity contribution in [1.29, 1.82) is 0 Å². The number of aryl methyl sites for hydroxylation is 1. The lowest BCUT2D eigenvalue weighted by Crippen LogP contribution is -2.54. The van der Waals surface area contributed by atoms with Crippen LogP contribution >= 0.6 is 12.2 Å². The number of carboxylic acids is 1. The molecule has 1 aliphatic heterocycles. The number of carboxylic acid groups (broad SMARTS) is 1. The minimum absolute atomic E-state index is 0.00988. The van der Waals surface area contributed by atoms with E-state index in [4.69, 9.17) is 12.2 Å². The SMILES string of the molecule is Cc1cccc(NC(=O)Cn2cc(C=C3C(=O)NC(=S)N(c4cccc(C(=O)O)c4)C3=O)c3ccccc32)c1. The number of hydrogen-bond acceptors (Lipinski definition) is 5. The third-order valence-electron chi connectivity index (χ3n) is 6.19. The van der Waals surface area contributed by atoms with Crippen molar-refractivity contribution >= 4 is 69.4 Å². The minimum atomic E-state index is -1.16. The Hall–Kier alpha value is -5.09. The highest BCUT2D eigenvalue weighted by Crippen LogP contribution is 2.27. The van der Waals surface area contributed by atoms with E-state index in [2.05, 4.69) is 10.6 Å². The monoisotopic (exact) mass is 538 g/mol. The summed E-state index contributed by atoms with van der Waals surface area (Å²) < 4.78 is 1.75. The third kappa shape index (κ3) is 5.18. The predicted molar refractivity (Wildman–Crippen MR) is 151 cm³/mol. The molecule has 5 rings (SSSR count). The van der Waals surface area contributed by atoms with E-state index in [-0.39, 0.29) is 34.4 Å². The highest BCUT2D eigenvalue weighted by molar-refractivity contribution is 7.80. The Morgan fingerprint density at radius 2 is 1.79 bits per heavy atom. The van der Waals surface area contributed by atoms with Crippen LogP contribution in [0.5, 0.6) is 0 Å². The zero-order chi connectivity index (χ0) is 27.7. The Labute approximate surface area is 228 Å². The van der Waals surface area contributed by atoms with Crippen LogP contribution in [0.3, 0.4) is 0 Å². The first-order valence-corrected chi connectivity index (χ1v) is 12.3. The molecule has 10 heteroatoms. The van der Waals surface area contributed by atoms with Gasteiger partial charge >= 0.3 is 5.97 Å². The molecule has 3 aromatic carbocycles. The van der Waals surface area contributed by atoms with Crippen molar-refractivity contribution in [2.24, 2.45) is 0 Å². The molecule has 39 heavy (non-hydrogen) atoms. The molecule has 1 fully saturated rings. The number of anilines is 2. The van der Waals surface area contributed by atoms with Gasteiger partial charge in [-0.25, -0.2) is 4.79 Å². The number of aromatic nitrogens is 1. The van der Waals surface area contributed by atoms with Gasteiger partial charge in [0.15, 0.2) is 5.11 Å². The van der Waals surface area contributed by atoms with E-state index < -0.39 is 17.8 Å². The standard InChI is InChI=1S/C29H22N4O5S/c1-17-6-4-8-20(12-17)30-25(34)16-32-15-19(22-10-2-3-11-24(22)32)14-23-26(35)31-29(39)33(27(23)36)21-9-5-7-18(13-21)28(37)38/h2-15H,16H2,1H3,(H,30,34)(H,37,38)(H,31,35,39). The van der Waals surface area contributed by atoms with Gasteiger partial charge in [-0.15, -0.1) is 0 Å². The Balaban J connectivity index is 1.49. The summed E-state index contributed by atoms with van der Waals surface area (Å²) in [5.41, 5.74) is 3.01. The number of hydrogen-bond donors (Lipinski definition) is 3. The van der Waals surface area contributed by atoms with Gasteiger partial charge in [0, 0.05) is 28.4 Å². The number of para-hydroxylation sites is 1. The van der Waals surface area contributed by atoms with Gasteiger partial charge in [0.25, 0.3) is 11.8 Å². The van der Waals surface area contributed by atoms with Crippen molar-refractivity contribution in [1.82, 2.24) is 9.88 Å². The van der Waals surface area contributed by atoms with Crippen molar-refractivity contribution in [3.8, 4) is 0 Å². The fourth-order valence-corrected chi connectivity index (χ4v) is 4.71. The van der Waals surface area contributed by atoms with Crippen molar-refractivity contribution in [3.63, 3.8) is 0 Å². The topological polar surface area (TPSA) is 121 Å². The second-order valence-corrected chi connectivity index (χ2v) is 9.35. The van der Waals surface area contributed by atoms with Gasteiger partial charge in [-0.05, 0) is 67.2 Å². The smallest absolute Gasteiger partial charge is 0.335 e. The number of aromatic carboxylic acids is 1. The van der Waals surface area contributed by atoms with Gasteiger partial charge in [0.2, 0.25) is 5.91 Å². The van der Waals surface area contributed by atoms with E-state index in [0.717, 1.165) is 21.4 Å². The van der Waals surface area contributed by atoms with E-state index in [1.54, 1.807) is 10.8 Å². The van der Waals surface area contributed by atoms with Crippen LogP contribution in [0.1, 0.15) is 21.5 Å². The number of thiocarbonyl (C=S) groups is 1. The fraction of sp³-hybridized carbons (Fsp3) is 0.0690. The summed E-state index contributed by atoms with van der Waals surface area (Å²) >= 11 is 5.23. The maximum absolute atomic E-state index is 13.5. The molecule has 3 N–H and O–H groups in total. The highest BCUT2D eigenvalue weighted by Gasteiger charge is 2.35. The molecule has 2 heterocycles. The molecule has 0 atom stereocenters. The molecule has 0 bridgehead atoms. The Bertz CT molecular complexity index is 1720. The lowest BCUT2D eigenvalue weighted by atomic mass is 10.1. The van der Waals surface area contributed by atoms with Crippen LogP contribution in [0.2, 0.25) is 0 Å². The molecular weight excluding hydrogens is 516 g/mol. The van der Waals surface area contributed by atoms with Crippen LogP contribution in [0.25, 0.3) is 17.0 Å². The van der Waals surface area contributed by atoms with Crippen LogP contribution in [0.4, 0.5) is 11.4 Å². The number of nitrogens with zero attached hydrogens (tertiary/aromatic N) is 2. The van der Waals surface area contributed by atoms with Gasteiger partial charge in [0.05, 0.1) is 11.3 Å². The number of fused-ring (bicyclic) bond motifs is 1. The van der Waals surface area contributed by atoms with Gasteiger partial charge in [-0.1, -0.05) is 36.4 Å². The molecule has 9 nitrogen and oxygen atoms in total. The summed E-state index contributed by atoms with van der Waals surface area (Å²) in [6.07, 6.45) is 3.15. The lowest BCUT2D eigenvalue weighted by molar-refractivity contribution is -0.122. The minimum Gasteiger partial charge on any atom is -0.478 e. The Kier molecular flexibility index (Phi) is 6.78. The average Bonchev–Trinajstić information content (AvgIpc) is 3.23.